The van der Waals surface area contributed by atoms with Gasteiger partial charge in [0.2, 0.25) is 5.91 Å². The van der Waals surface area contributed by atoms with Gasteiger partial charge in [0.05, 0.1) is 6.42 Å². The number of ether oxygens (including phenoxy) is 2. The van der Waals surface area contributed by atoms with Crippen LogP contribution < -0.4 is 16.0 Å². The molecule has 9 nitrogen and oxygen atoms in total. The Morgan fingerprint density at radius 1 is 0.756 bits per heavy atom. The van der Waals surface area contributed by atoms with E-state index in [1.165, 1.54) is 44.9 Å². The minimum atomic E-state index is -1.33. The predicted octanol–water partition coefficient (Wildman–Crippen LogP) is 7.37. The molecule has 0 aromatic heterocycles. The predicted molar refractivity (Wildman–Crippen MR) is 176 cm³/mol. The number of benzene rings is 2. The molecule has 0 fully saturated rings. The molecule has 3 N–H and O–H groups in total. The molecule has 1 aliphatic rings. The quantitative estimate of drug-likeness (QED) is 0.159. The number of nitrogens with one attached hydrogen (secondary N) is 3. The molecule has 9 heteroatoms. The normalized spacial score (nSPS) is 12.9. The fraction of sp³-hybridized carbons (Fsp3) is 0.556. The lowest BCUT2D eigenvalue weighted by Crippen LogP contribution is -2.51. The van der Waals surface area contributed by atoms with Crippen LogP contribution in [0.25, 0.3) is 11.1 Å². The standard InChI is InChI=1S/C36H51N3O6/c1-5-6-7-8-9-10-11-12-13-18-23-37-32(40)24-31(33(41)39-35(43)45-36(2,3)4)38-34(42)44-25-30-28-21-16-14-19-26(28)27-20-15-17-22-29(27)30/h14-17,19-22,30-31H,5-13,18,23-25H2,1-4H3,(H,37,40)(H,38,42)(H,39,41,43)/t31-/m0/s1. The van der Waals surface area contributed by atoms with Crippen molar-refractivity contribution in [2.24, 2.45) is 0 Å². The molecule has 0 aliphatic heterocycles. The molecule has 3 rings (SSSR count). The first-order valence-electron chi connectivity index (χ1n) is 16.5. The Kier molecular flexibility index (Phi) is 14.4. The number of fused-ring (bicyclic) bond motifs is 3. The van der Waals surface area contributed by atoms with Gasteiger partial charge in [-0.1, -0.05) is 113 Å². The number of rotatable bonds is 17. The Bertz CT molecular complexity index is 1230. The SMILES string of the molecule is CCCCCCCCCCCCNC(=O)C[C@H](NC(=O)OCC1c2ccccc2-c2ccccc21)C(=O)NC(=O)OC(C)(C)C. The van der Waals surface area contributed by atoms with E-state index in [-0.39, 0.29) is 18.9 Å². The largest absolute Gasteiger partial charge is 0.449 e. The smallest absolute Gasteiger partial charge is 0.414 e. The molecule has 0 bridgehead atoms. The summed E-state index contributed by atoms with van der Waals surface area (Å²) in [5, 5.41) is 7.45. The van der Waals surface area contributed by atoms with Crippen LogP contribution >= 0.6 is 0 Å². The molecule has 246 valence electrons. The molecule has 1 atom stereocenters. The highest BCUT2D eigenvalue weighted by atomic mass is 16.6. The van der Waals surface area contributed by atoms with Crippen LogP contribution in [0, 0.1) is 0 Å². The molecule has 0 spiro atoms. The molecule has 0 unspecified atom stereocenters. The van der Waals surface area contributed by atoms with Crippen molar-refractivity contribution in [1.29, 1.82) is 0 Å². The molecular formula is C36H51N3O6. The fourth-order valence-corrected chi connectivity index (χ4v) is 5.58. The molecule has 1 aliphatic carbocycles. The van der Waals surface area contributed by atoms with Crippen molar-refractivity contribution < 1.29 is 28.7 Å². The van der Waals surface area contributed by atoms with Gasteiger partial charge in [-0.15, -0.1) is 0 Å². The lowest BCUT2D eigenvalue weighted by molar-refractivity contribution is -0.128. The van der Waals surface area contributed by atoms with Gasteiger partial charge in [-0.05, 0) is 49.4 Å². The van der Waals surface area contributed by atoms with Crippen molar-refractivity contribution in [3.8, 4) is 11.1 Å². The van der Waals surface area contributed by atoms with Gasteiger partial charge >= 0.3 is 12.2 Å². The van der Waals surface area contributed by atoms with Crippen LogP contribution in [0.15, 0.2) is 48.5 Å². The zero-order valence-electron chi connectivity index (χ0n) is 27.4. The van der Waals surface area contributed by atoms with E-state index in [1.54, 1.807) is 20.8 Å². The van der Waals surface area contributed by atoms with Crippen molar-refractivity contribution in [3.05, 3.63) is 59.7 Å². The highest BCUT2D eigenvalue weighted by Gasteiger charge is 2.31. The maximum absolute atomic E-state index is 13.0. The second-order valence-corrected chi connectivity index (χ2v) is 12.7. The van der Waals surface area contributed by atoms with Gasteiger partial charge in [-0.2, -0.15) is 0 Å². The first kappa shape index (κ1) is 35.6. The van der Waals surface area contributed by atoms with E-state index in [4.69, 9.17) is 9.47 Å². The van der Waals surface area contributed by atoms with E-state index < -0.39 is 35.6 Å². The summed E-state index contributed by atoms with van der Waals surface area (Å²) in [6, 6.07) is 14.6. The van der Waals surface area contributed by atoms with Crippen molar-refractivity contribution in [2.75, 3.05) is 13.2 Å². The zero-order chi connectivity index (χ0) is 32.7. The van der Waals surface area contributed by atoms with Crippen LogP contribution in [-0.4, -0.2) is 48.8 Å². The third-order valence-electron chi connectivity index (χ3n) is 7.82. The maximum Gasteiger partial charge on any atom is 0.414 e. The van der Waals surface area contributed by atoms with Crippen molar-refractivity contribution >= 4 is 24.0 Å². The maximum atomic E-state index is 13.0. The van der Waals surface area contributed by atoms with Gasteiger partial charge in [0, 0.05) is 12.5 Å². The van der Waals surface area contributed by atoms with Gasteiger partial charge < -0.3 is 20.1 Å². The molecular weight excluding hydrogens is 570 g/mol. The molecule has 0 radical (unpaired) electrons. The van der Waals surface area contributed by atoms with Crippen LogP contribution in [-0.2, 0) is 19.1 Å². The molecule has 0 saturated heterocycles. The monoisotopic (exact) mass is 621 g/mol. The number of imide groups is 1. The van der Waals surface area contributed by atoms with Crippen LogP contribution in [0.4, 0.5) is 9.59 Å². The topological polar surface area (TPSA) is 123 Å². The summed E-state index contributed by atoms with van der Waals surface area (Å²) in [5.41, 5.74) is 3.47. The molecule has 45 heavy (non-hydrogen) atoms. The fourth-order valence-electron chi connectivity index (χ4n) is 5.58. The van der Waals surface area contributed by atoms with Crippen molar-refractivity contribution in [3.63, 3.8) is 0 Å². The van der Waals surface area contributed by atoms with Gasteiger partial charge in [0.15, 0.2) is 0 Å². The van der Waals surface area contributed by atoms with Crippen molar-refractivity contribution in [1.82, 2.24) is 16.0 Å². The summed E-state index contributed by atoms with van der Waals surface area (Å²) in [6.45, 7) is 7.75. The van der Waals surface area contributed by atoms with E-state index in [0.717, 1.165) is 41.5 Å². The number of carbonyl (C=O) groups is 4. The minimum absolute atomic E-state index is 0.0468. The second-order valence-electron chi connectivity index (χ2n) is 12.7. The van der Waals surface area contributed by atoms with Crippen LogP contribution in [0.3, 0.4) is 0 Å². The highest BCUT2D eigenvalue weighted by Crippen LogP contribution is 2.44. The Hall–Kier alpha value is -3.88. The minimum Gasteiger partial charge on any atom is -0.449 e. The lowest BCUT2D eigenvalue weighted by atomic mass is 9.98. The lowest BCUT2D eigenvalue weighted by Gasteiger charge is -2.22. The molecule has 0 heterocycles. The van der Waals surface area contributed by atoms with Gasteiger partial charge in [0.1, 0.15) is 18.2 Å². The van der Waals surface area contributed by atoms with Crippen LogP contribution in [0.2, 0.25) is 0 Å². The third kappa shape index (κ3) is 12.2. The number of carbonyl (C=O) groups excluding carboxylic acids is 4. The molecule has 4 amide bonds. The van der Waals surface area contributed by atoms with E-state index in [2.05, 4.69) is 22.9 Å². The first-order chi connectivity index (χ1) is 21.6. The number of hydrogen-bond acceptors (Lipinski definition) is 6. The van der Waals surface area contributed by atoms with Gasteiger partial charge in [-0.25, -0.2) is 9.59 Å². The summed E-state index contributed by atoms with van der Waals surface area (Å²) < 4.78 is 10.8. The number of alkyl carbamates (subject to hydrolysis) is 2. The van der Waals surface area contributed by atoms with Crippen molar-refractivity contribution in [2.45, 2.75) is 116 Å². The molecule has 0 saturated carbocycles. The number of unbranched alkanes of at least 4 members (excludes halogenated alkanes) is 9. The van der Waals surface area contributed by atoms with E-state index in [0.29, 0.717) is 6.54 Å². The number of amides is 4. The van der Waals surface area contributed by atoms with Gasteiger partial charge in [-0.3, -0.25) is 14.9 Å². The second kappa shape index (κ2) is 18.2. The van der Waals surface area contributed by atoms with E-state index in [1.807, 2.05) is 48.5 Å². The number of hydrogen-bond donors (Lipinski definition) is 3. The zero-order valence-corrected chi connectivity index (χ0v) is 27.4. The summed E-state index contributed by atoms with van der Waals surface area (Å²) in [7, 11) is 0. The molecule has 2 aromatic rings. The summed E-state index contributed by atoms with van der Waals surface area (Å²) in [6.07, 6.45) is 9.68. The summed E-state index contributed by atoms with van der Waals surface area (Å²) in [5.74, 6) is -1.43. The molecule has 2 aromatic carbocycles. The average molecular weight is 622 g/mol. The summed E-state index contributed by atoms with van der Waals surface area (Å²) in [4.78, 5) is 50.9. The Morgan fingerprint density at radius 3 is 1.84 bits per heavy atom. The van der Waals surface area contributed by atoms with Gasteiger partial charge in [0.25, 0.3) is 5.91 Å². The van der Waals surface area contributed by atoms with Crippen LogP contribution in [0.1, 0.15) is 115 Å². The van der Waals surface area contributed by atoms with Crippen LogP contribution in [0.5, 0.6) is 0 Å². The Morgan fingerprint density at radius 2 is 1.29 bits per heavy atom. The Labute approximate surface area is 268 Å². The first-order valence-corrected chi connectivity index (χ1v) is 16.5. The summed E-state index contributed by atoms with van der Waals surface area (Å²) >= 11 is 0. The highest BCUT2D eigenvalue weighted by molar-refractivity contribution is 5.98. The van der Waals surface area contributed by atoms with E-state index >= 15 is 0 Å². The van der Waals surface area contributed by atoms with E-state index in [9.17, 15) is 19.2 Å². The third-order valence-corrected chi connectivity index (χ3v) is 7.82. The Balaban J connectivity index is 1.50. The average Bonchev–Trinajstić information content (AvgIpc) is 3.31.